The molecule has 6 bridgehead atoms. The van der Waals surface area contributed by atoms with Crippen molar-refractivity contribution < 1.29 is 38.0 Å². The predicted molar refractivity (Wildman–Crippen MR) is 180 cm³/mol. The second-order valence-electron chi connectivity index (χ2n) is 12.2. The number of methoxy groups -OCH3 is 4. The van der Waals surface area contributed by atoms with Crippen molar-refractivity contribution in [3.8, 4) is 51.7 Å². The molecule has 4 aliphatic heterocycles. The SMILES string of the molecule is COc1ccc2cc1Oc1ccc(cc1)C[C@@H]1NCCc3cc(OC)c(cc31)Oc1c(OC)c(OC)c(OC(C)=O)c3c1[C@H](C2)NCC3. The Labute approximate surface area is 280 Å². The fourth-order valence-electron chi connectivity index (χ4n) is 7.11. The molecule has 250 valence electrons. The number of rotatable bonds is 5. The number of hydrogen-bond donors (Lipinski definition) is 2. The van der Waals surface area contributed by atoms with Gasteiger partial charge in [-0.05, 0) is 97.4 Å². The van der Waals surface area contributed by atoms with Gasteiger partial charge >= 0.3 is 5.97 Å². The number of carbonyl (C=O) groups is 1. The fraction of sp³-hybridized carbons (Fsp3) is 0.342. The van der Waals surface area contributed by atoms with Gasteiger partial charge in [-0.3, -0.25) is 4.79 Å². The normalized spacial score (nSPS) is 17.9. The highest BCUT2D eigenvalue weighted by Gasteiger charge is 2.36. The monoisotopic (exact) mass is 652 g/mol. The van der Waals surface area contributed by atoms with E-state index in [1.165, 1.54) is 25.2 Å². The first kappa shape index (κ1) is 31.7. The van der Waals surface area contributed by atoms with E-state index in [0.29, 0.717) is 65.4 Å². The molecule has 0 fully saturated rings. The van der Waals surface area contributed by atoms with E-state index >= 15 is 0 Å². The lowest BCUT2D eigenvalue weighted by Crippen LogP contribution is -2.32. The average Bonchev–Trinajstić information content (AvgIpc) is 3.09. The molecule has 10 nitrogen and oxygen atoms in total. The van der Waals surface area contributed by atoms with Gasteiger partial charge in [0.2, 0.25) is 11.5 Å². The molecular weight excluding hydrogens is 612 g/mol. The predicted octanol–water partition coefficient (Wildman–Crippen LogP) is 6.40. The Morgan fingerprint density at radius 1 is 0.708 bits per heavy atom. The highest BCUT2D eigenvalue weighted by atomic mass is 16.6. The summed E-state index contributed by atoms with van der Waals surface area (Å²) < 4.78 is 42.7. The van der Waals surface area contributed by atoms with Crippen LogP contribution in [0.5, 0.6) is 51.7 Å². The topological polar surface area (TPSA) is 106 Å². The number of fused-ring (bicyclic) bond motifs is 2. The number of esters is 1. The van der Waals surface area contributed by atoms with Gasteiger partial charge in [0.1, 0.15) is 5.75 Å². The van der Waals surface area contributed by atoms with E-state index in [4.69, 9.17) is 33.2 Å². The molecule has 0 aromatic heterocycles. The highest BCUT2D eigenvalue weighted by Crippen LogP contribution is 2.55. The van der Waals surface area contributed by atoms with Crippen molar-refractivity contribution in [1.29, 1.82) is 0 Å². The number of hydrogen-bond acceptors (Lipinski definition) is 10. The van der Waals surface area contributed by atoms with Gasteiger partial charge in [-0.25, -0.2) is 0 Å². The van der Waals surface area contributed by atoms with Crippen molar-refractivity contribution in [3.05, 3.63) is 88.0 Å². The molecule has 4 aliphatic rings. The zero-order valence-electron chi connectivity index (χ0n) is 27.9. The largest absolute Gasteiger partial charge is 0.493 e. The number of carbonyl (C=O) groups excluding carboxylic acids is 1. The van der Waals surface area contributed by atoms with E-state index in [-0.39, 0.29) is 12.1 Å². The van der Waals surface area contributed by atoms with Crippen LogP contribution < -0.4 is 43.8 Å². The third-order valence-electron chi connectivity index (χ3n) is 9.29. The van der Waals surface area contributed by atoms with Gasteiger partial charge in [0, 0.05) is 30.1 Å². The molecule has 2 atom stereocenters. The summed E-state index contributed by atoms with van der Waals surface area (Å²) in [6.07, 6.45) is 2.77. The zero-order valence-corrected chi connectivity index (χ0v) is 27.9. The zero-order chi connectivity index (χ0) is 33.4. The Morgan fingerprint density at radius 3 is 2.12 bits per heavy atom. The minimum absolute atomic E-state index is 0.0514. The summed E-state index contributed by atoms with van der Waals surface area (Å²) in [5, 5.41) is 7.39. The van der Waals surface area contributed by atoms with Crippen LogP contribution >= 0.6 is 0 Å². The maximum Gasteiger partial charge on any atom is 0.308 e. The van der Waals surface area contributed by atoms with Crippen LogP contribution in [0.15, 0.2) is 54.6 Å². The van der Waals surface area contributed by atoms with Crippen LogP contribution in [0.3, 0.4) is 0 Å². The summed E-state index contributed by atoms with van der Waals surface area (Å²) >= 11 is 0. The van der Waals surface area contributed by atoms with E-state index in [0.717, 1.165) is 47.4 Å². The van der Waals surface area contributed by atoms with E-state index in [2.05, 4.69) is 34.9 Å². The Morgan fingerprint density at radius 2 is 1.40 bits per heavy atom. The number of ether oxygens (including phenoxy) is 7. The van der Waals surface area contributed by atoms with Crippen molar-refractivity contribution in [3.63, 3.8) is 0 Å². The molecule has 10 heteroatoms. The molecule has 4 heterocycles. The molecule has 0 amide bonds. The lowest BCUT2D eigenvalue weighted by Gasteiger charge is -2.33. The maximum atomic E-state index is 12.4. The third-order valence-corrected chi connectivity index (χ3v) is 9.29. The molecule has 0 saturated heterocycles. The second-order valence-corrected chi connectivity index (χ2v) is 12.2. The van der Waals surface area contributed by atoms with E-state index < -0.39 is 5.97 Å². The lowest BCUT2D eigenvalue weighted by molar-refractivity contribution is -0.132. The first-order chi connectivity index (χ1) is 23.4. The summed E-state index contributed by atoms with van der Waals surface area (Å²) in [7, 11) is 6.37. The Kier molecular flexibility index (Phi) is 8.77. The number of benzene rings is 4. The van der Waals surface area contributed by atoms with Crippen molar-refractivity contribution in [2.24, 2.45) is 0 Å². The molecule has 0 spiro atoms. The summed E-state index contributed by atoms with van der Waals surface area (Å²) in [5.41, 5.74) is 6.16. The molecular formula is C38H40N2O8. The Bertz CT molecular complexity index is 1860. The average molecular weight is 653 g/mol. The standard InChI is InChI=1S/C38H40N2O8/c1-21(41)46-35-26-13-15-40-29-17-23-8-11-30(42-2)32(18-23)47-25-9-6-22(7-10-25)16-28-27-20-33(31(43-3)19-24(27)12-14-39-28)48-36(34(26)29)38(45-5)37(35)44-4/h6-11,18-20,28-29,39-40H,12-17H2,1-5H3/t28-,29-/m0/s1. The molecule has 0 aliphatic carbocycles. The van der Waals surface area contributed by atoms with E-state index in [1.54, 1.807) is 21.3 Å². The summed E-state index contributed by atoms with van der Waals surface area (Å²) in [4.78, 5) is 12.4. The molecule has 0 saturated carbocycles. The van der Waals surface area contributed by atoms with Gasteiger partial charge in [-0.1, -0.05) is 18.2 Å². The van der Waals surface area contributed by atoms with Crippen LogP contribution in [0.2, 0.25) is 0 Å². The quantitative estimate of drug-likeness (QED) is 0.186. The minimum Gasteiger partial charge on any atom is -0.493 e. The molecule has 0 radical (unpaired) electrons. The fourth-order valence-corrected chi connectivity index (χ4v) is 7.11. The van der Waals surface area contributed by atoms with Crippen LogP contribution in [0.1, 0.15) is 52.4 Å². The van der Waals surface area contributed by atoms with Gasteiger partial charge in [-0.15, -0.1) is 0 Å². The van der Waals surface area contributed by atoms with Gasteiger partial charge in [0.25, 0.3) is 0 Å². The molecule has 4 aromatic carbocycles. The van der Waals surface area contributed by atoms with Gasteiger partial charge in [0.05, 0.1) is 28.4 Å². The smallest absolute Gasteiger partial charge is 0.308 e. The van der Waals surface area contributed by atoms with Crippen LogP contribution in [0, 0.1) is 0 Å². The van der Waals surface area contributed by atoms with Crippen molar-refractivity contribution >= 4 is 5.97 Å². The summed E-state index contributed by atoms with van der Waals surface area (Å²) in [6.45, 7) is 2.87. The molecule has 4 aromatic rings. The van der Waals surface area contributed by atoms with Gasteiger partial charge in [-0.2, -0.15) is 0 Å². The molecule has 8 rings (SSSR count). The summed E-state index contributed by atoms with van der Waals surface area (Å²) in [5.74, 6) is 4.10. The summed E-state index contributed by atoms with van der Waals surface area (Å²) in [6, 6.07) is 18.1. The van der Waals surface area contributed by atoms with Crippen LogP contribution in [0.25, 0.3) is 0 Å². The Hall–Kier alpha value is -4.93. The van der Waals surface area contributed by atoms with E-state index in [1.807, 2.05) is 30.3 Å². The van der Waals surface area contributed by atoms with Gasteiger partial charge in [0.15, 0.2) is 34.5 Å². The maximum absolute atomic E-state index is 12.4. The van der Waals surface area contributed by atoms with Crippen LogP contribution in [0.4, 0.5) is 0 Å². The highest BCUT2D eigenvalue weighted by molar-refractivity contribution is 5.76. The van der Waals surface area contributed by atoms with Crippen LogP contribution in [-0.2, 0) is 30.5 Å². The van der Waals surface area contributed by atoms with E-state index in [9.17, 15) is 4.79 Å². The van der Waals surface area contributed by atoms with Crippen molar-refractivity contribution in [2.75, 3.05) is 41.5 Å². The Balaban J connectivity index is 1.48. The van der Waals surface area contributed by atoms with Gasteiger partial charge < -0.3 is 43.8 Å². The minimum atomic E-state index is -0.456. The first-order valence-corrected chi connectivity index (χ1v) is 16.2. The molecule has 48 heavy (non-hydrogen) atoms. The first-order valence-electron chi connectivity index (χ1n) is 16.2. The third kappa shape index (κ3) is 5.86. The van der Waals surface area contributed by atoms with Crippen molar-refractivity contribution in [2.45, 2.75) is 44.7 Å². The lowest BCUT2D eigenvalue weighted by atomic mass is 9.87. The van der Waals surface area contributed by atoms with Crippen molar-refractivity contribution in [1.82, 2.24) is 10.6 Å². The molecule has 0 unspecified atom stereocenters. The van der Waals surface area contributed by atoms with Crippen LogP contribution in [-0.4, -0.2) is 47.5 Å². The number of nitrogens with one attached hydrogen (secondary N) is 2. The molecule has 2 N–H and O–H groups in total. The second kappa shape index (κ2) is 13.3.